The monoisotopic (exact) mass is 676 g/mol. The first-order valence-corrected chi connectivity index (χ1v) is 15.0. The van der Waals surface area contributed by atoms with E-state index in [2.05, 4.69) is 15.0 Å². The number of amides is 1. The van der Waals surface area contributed by atoms with Crippen LogP contribution in [0.4, 0.5) is 42.8 Å². The molecule has 48 heavy (non-hydrogen) atoms. The Bertz CT molecular complexity index is 1970. The summed E-state index contributed by atoms with van der Waals surface area (Å²) in [5, 5.41) is -0.477. The van der Waals surface area contributed by atoms with Crippen molar-refractivity contribution in [3.8, 4) is 17.3 Å². The van der Waals surface area contributed by atoms with Crippen molar-refractivity contribution in [1.29, 1.82) is 0 Å². The smallest absolute Gasteiger partial charge is 0.422 e. The van der Waals surface area contributed by atoms with Gasteiger partial charge in [0.2, 0.25) is 0 Å². The third kappa shape index (κ3) is 6.10. The van der Waals surface area contributed by atoms with E-state index in [1.807, 2.05) is 0 Å². The van der Waals surface area contributed by atoms with Gasteiger partial charge in [-0.3, -0.25) is 9.69 Å². The highest BCUT2D eigenvalue weighted by molar-refractivity contribution is 6.10. The van der Waals surface area contributed by atoms with Crippen LogP contribution >= 0.6 is 0 Å². The summed E-state index contributed by atoms with van der Waals surface area (Å²) in [6, 6.07) is 2.96. The lowest BCUT2D eigenvalue weighted by Gasteiger charge is -2.42. The number of aromatic nitrogens is 3. The SMILES string of the molecule is CC(=O)c1cc2c(N3C[C@H]4CC[C@@H](C3)N4C(=O)OC(C)(C)C)nc(OCC(F)(F)F)nc2c(F)c1-c1nc(N)cc2ccc(F)c(F)c12. The number of pyridine rings is 1. The molecule has 2 aliphatic heterocycles. The summed E-state index contributed by atoms with van der Waals surface area (Å²) < 4.78 is 96.5. The fraction of sp³-hybridized carbons (Fsp3) is 0.406. The average Bonchev–Trinajstić information content (AvgIpc) is 3.25. The van der Waals surface area contributed by atoms with Gasteiger partial charge >= 0.3 is 18.3 Å². The summed E-state index contributed by atoms with van der Waals surface area (Å²) in [4.78, 5) is 41.6. The first-order valence-electron chi connectivity index (χ1n) is 15.0. The van der Waals surface area contributed by atoms with Gasteiger partial charge in [-0.25, -0.2) is 22.9 Å². The van der Waals surface area contributed by atoms with Crippen LogP contribution in [0.1, 0.15) is 50.9 Å². The fourth-order valence-corrected chi connectivity index (χ4v) is 6.32. The number of halogens is 6. The Kier molecular flexibility index (Phi) is 8.03. The van der Waals surface area contributed by atoms with Crippen LogP contribution in [0.15, 0.2) is 24.3 Å². The number of hydrogen-bond acceptors (Lipinski definition) is 9. The van der Waals surface area contributed by atoms with Gasteiger partial charge in [0.25, 0.3) is 0 Å². The van der Waals surface area contributed by atoms with Crippen molar-refractivity contribution in [2.75, 3.05) is 30.3 Å². The van der Waals surface area contributed by atoms with Crippen LogP contribution in [0.5, 0.6) is 6.01 Å². The van der Waals surface area contributed by atoms with Crippen molar-refractivity contribution in [2.45, 2.75) is 64.4 Å². The minimum atomic E-state index is -4.79. The number of nitrogens with two attached hydrogens (primary N) is 1. The molecule has 2 fully saturated rings. The van der Waals surface area contributed by atoms with Crippen LogP contribution in [-0.2, 0) is 4.74 Å². The Labute approximate surface area is 269 Å². The molecule has 0 radical (unpaired) electrons. The average molecular weight is 677 g/mol. The van der Waals surface area contributed by atoms with Crippen molar-refractivity contribution in [3.05, 3.63) is 47.3 Å². The Hall–Kier alpha value is -4.89. The number of fused-ring (bicyclic) bond motifs is 4. The molecule has 2 aromatic heterocycles. The molecule has 2 bridgehead atoms. The molecule has 10 nitrogen and oxygen atoms in total. The molecule has 0 unspecified atom stereocenters. The van der Waals surface area contributed by atoms with Crippen molar-refractivity contribution < 1.29 is 45.4 Å². The first-order chi connectivity index (χ1) is 22.4. The van der Waals surface area contributed by atoms with Crippen LogP contribution in [0, 0.1) is 17.5 Å². The van der Waals surface area contributed by atoms with Crippen LogP contribution in [0.25, 0.3) is 32.9 Å². The number of ketones is 1. The van der Waals surface area contributed by atoms with Gasteiger partial charge in [0, 0.05) is 35.0 Å². The van der Waals surface area contributed by atoms with Gasteiger partial charge in [0.05, 0.1) is 17.8 Å². The maximum absolute atomic E-state index is 16.9. The van der Waals surface area contributed by atoms with Crippen LogP contribution in [-0.4, -0.2) is 75.3 Å². The highest BCUT2D eigenvalue weighted by Crippen LogP contribution is 2.42. The molecule has 6 rings (SSSR count). The second-order valence-corrected chi connectivity index (χ2v) is 12.8. The number of alkyl halides is 3. The maximum atomic E-state index is 16.9. The summed E-state index contributed by atoms with van der Waals surface area (Å²) in [6.45, 7) is 4.83. The van der Waals surface area contributed by atoms with Gasteiger partial charge < -0.3 is 20.1 Å². The van der Waals surface area contributed by atoms with E-state index in [9.17, 15) is 27.2 Å². The number of benzene rings is 2. The van der Waals surface area contributed by atoms with E-state index < -0.39 is 75.9 Å². The zero-order chi connectivity index (χ0) is 34.9. The summed E-state index contributed by atoms with van der Waals surface area (Å²) in [6.07, 6.45) is -4.12. The largest absolute Gasteiger partial charge is 0.454 e. The molecule has 4 heterocycles. The van der Waals surface area contributed by atoms with Crippen LogP contribution in [0.3, 0.4) is 0 Å². The number of Topliss-reactive ketones (excluding diaryl/α,β-unsaturated/α-hetero) is 1. The predicted molar refractivity (Wildman–Crippen MR) is 163 cm³/mol. The summed E-state index contributed by atoms with van der Waals surface area (Å²) >= 11 is 0. The quantitative estimate of drug-likeness (QED) is 0.185. The maximum Gasteiger partial charge on any atom is 0.422 e. The molecule has 254 valence electrons. The highest BCUT2D eigenvalue weighted by Gasteiger charge is 2.45. The molecule has 2 atom stereocenters. The number of ether oxygens (including phenoxy) is 2. The van der Waals surface area contributed by atoms with Gasteiger partial charge in [-0.05, 0) is 64.1 Å². The number of hydrogen-bond donors (Lipinski definition) is 1. The van der Waals surface area contributed by atoms with E-state index >= 15 is 8.78 Å². The van der Waals surface area contributed by atoms with E-state index in [1.54, 1.807) is 30.6 Å². The second kappa shape index (κ2) is 11.7. The Morgan fingerprint density at radius 1 is 0.979 bits per heavy atom. The van der Waals surface area contributed by atoms with Gasteiger partial charge in [0.1, 0.15) is 22.8 Å². The van der Waals surface area contributed by atoms with Gasteiger partial charge in [-0.2, -0.15) is 23.1 Å². The van der Waals surface area contributed by atoms with E-state index in [1.165, 1.54) is 18.2 Å². The fourth-order valence-electron chi connectivity index (χ4n) is 6.32. The van der Waals surface area contributed by atoms with Crippen LogP contribution in [0.2, 0.25) is 0 Å². The number of nitrogen functional groups attached to an aromatic ring is 1. The third-order valence-corrected chi connectivity index (χ3v) is 8.17. The third-order valence-electron chi connectivity index (χ3n) is 8.17. The number of carbonyl (C=O) groups excluding carboxylic acids is 2. The van der Waals surface area contributed by atoms with E-state index in [0.29, 0.717) is 12.8 Å². The zero-order valence-corrected chi connectivity index (χ0v) is 26.2. The Balaban J connectivity index is 1.55. The lowest BCUT2D eigenvalue weighted by atomic mass is 9.94. The second-order valence-electron chi connectivity index (χ2n) is 12.8. The number of anilines is 2. The van der Waals surface area contributed by atoms with Gasteiger partial charge in [0.15, 0.2) is 29.8 Å². The molecule has 16 heteroatoms. The van der Waals surface area contributed by atoms with E-state index in [4.69, 9.17) is 15.2 Å². The molecular weight excluding hydrogens is 646 g/mol. The Morgan fingerprint density at radius 3 is 2.25 bits per heavy atom. The number of nitrogens with zero attached hydrogens (tertiary/aromatic N) is 5. The number of carbonyl (C=O) groups is 2. The molecule has 2 aromatic carbocycles. The lowest BCUT2D eigenvalue weighted by Crippen LogP contribution is -2.57. The van der Waals surface area contributed by atoms with Gasteiger partial charge in [-0.15, -0.1) is 0 Å². The molecule has 2 saturated heterocycles. The van der Waals surface area contributed by atoms with Crippen molar-refractivity contribution in [3.63, 3.8) is 0 Å². The number of rotatable bonds is 5. The normalized spacial score (nSPS) is 18.1. The van der Waals surface area contributed by atoms with Crippen molar-refractivity contribution in [2.24, 2.45) is 0 Å². The summed E-state index contributed by atoms with van der Waals surface area (Å²) in [5.74, 6) is -4.86. The first kappa shape index (κ1) is 33.0. The predicted octanol–water partition coefficient (Wildman–Crippen LogP) is 6.58. The molecule has 1 amide bonds. The standard InChI is InChI=1S/C32H30F6N6O4/c1-14(45)18-10-19-26(25(35)23(18)27-22-15(9-21(39)40-27)5-8-20(33)24(22)34)41-29(47-13-32(36,37)38)42-28(19)43-11-16-6-7-17(12-43)44(16)30(46)48-31(2,3)4/h5,8-10,16-17H,6-7,11-13H2,1-4H3,(H2,39,40)/t16-,17+. The van der Waals surface area contributed by atoms with Crippen LogP contribution < -0.4 is 15.4 Å². The molecule has 2 N–H and O–H groups in total. The minimum Gasteiger partial charge on any atom is -0.454 e. The minimum absolute atomic E-state index is 0.0477. The molecule has 0 spiro atoms. The van der Waals surface area contributed by atoms with E-state index in [0.717, 1.165) is 13.0 Å². The molecule has 0 saturated carbocycles. The number of piperazine rings is 1. The highest BCUT2D eigenvalue weighted by atomic mass is 19.4. The van der Waals surface area contributed by atoms with Crippen molar-refractivity contribution >= 4 is 45.2 Å². The molecule has 0 aliphatic carbocycles. The van der Waals surface area contributed by atoms with E-state index in [-0.39, 0.29) is 53.1 Å². The molecular formula is C32H30F6N6O4. The summed E-state index contributed by atoms with van der Waals surface area (Å²) in [5.41, 5.74) is 3.22. The topological polar surface area (TPSA) is 124 Å². The summed E-state index contributed by atoms with van der Waals surface area (Å²) in [7, 11) is 0. The van der Waals surface area contributed by atoms with Gasteiger partial charge in [-0.1, -0.05) is 6.07 Å². The Morgan fingerprint density at radius 2 is 1.65 bits per heavy atom. The lowest BCUT2D eigenvalue weighted by molar-refractivity contribution is -0.154. The zero-order valence-electron chi connectivity index (χ0n) is 26.2. The molecule has 4 aromatic rings. The molecule has 2 aliphatic rings. The van der Waals surface area contributed by atoms with Crippen molar-refractivity contribution in [1.82, 2.24) is 19.9 Å².